The molecule has 0 saturated carbocycles. The molecule has 2 rings (SSSR count). The van der Waals surface area contributed by atoms with Crippen LogP contribution in [0, 0.1) is 0 Å². The van der Waals surface area contributed by atoms with E-state index in [9.17, 15) is 9.59 Å². The number of carbonyl (C=O) groups is 2. The minimum absolute atomic E-state index is 0.0878. The molecular formula is C27H46N4O2. The molecule has 0 radical (unpaired) electrons. The highest BCUT2D eigenvalue weighted by molar-refractivity contribution is 6.04. The van der Waals surface area contributed by atoms with Crippen LogP contribution in [0.25, 0.3) is 0 Å². The Morgan fingerprint density at radius 3 is 1.61 bits per heavy atom. The van der Waals surface area contributed by atoms with Crippen LogP contribution in [0.15, 0.2) is 30.3 Å². The molecule has 33 heavy (non-hydrogen) atoms. The average molecular weight is 459 g/mol. The summed E-state index contributed by atoms with van der Waals surface area (Å²) in [7, 11) is 0. The van der Waals surface area contributed by atoms with Crippen molar-refractivity contribution in [2.75, 3.05) is 39.5 Å². The number of benzene rings is 1. The molecule has 6 nitrogen and oxygen atoms in total. The summed E-state index contributed by atoms with van der Waals surface area (Å²) in [5.41, 5.74) is 0.901. The standard InChI is InChI=1S/C27H46N4O2/c1-5-9-18-28(19-10-6-2)22-30-25(24-16-14-13-15-17-24)26(32)31(27(30)33)23-29(20-11-7-3)21-12-8-4/h13-17,25H,5-12,18-23H2,1-4H3. The lowest BCUT2D eigenvalue weighted by atomic mass is 10.1. The number of unbranched alkanes of at least 4 members (excludes halogenated alkanes) is 4. The highest BCUT2D eigenvalue weighted by Gasteiger charge is 2.46. The van der Waals surface area contributed by atoms with Gasteiger partial charge in [-0.15, -0.1) is 0 Å². The fourth-order valence-corrected chi connectivity index (χ4v) is 4.32. The van der Waals surface area contributed by atoms with Gasteiger partial charge in [0.25, 0.3) is 5.91 Å². The molecule has 1 saturated heterocycles. The van der Waals surface area contributed by atoms with Crippen molar-refractivity contribution >= 4 is 11.9 Å². The SMILES string of the molecule is CCCCN(CCCC)CN1C(=O)C(c2ccccc2)N(CN(CCCC)CCCC)C1=O. The molecule has 1 aliphatic heterocycles. The molecule has 6 heteroatoms. The third kappa shape index (κ3) is 8.11. The van der Waals surface area contributed by atoms with Gasteiger partial charge < -0.3 is 0 Å². The summed E-state index contributed by atoms with van der Waals surface area (Å²) in [6.07, 6.45) is 8.80. The highest BCUT2D eigenvalue weighted by atomic mass is 16.2. The molecule has 1 heterocycles. The van der Waals surface area contributed by atoms with E-state index in [4.69, 9.17) is 0 Å². The first-order valence-electron chi connectivity index (χ1n) is 13.2. The summed E-state index contributed by atoms with van der Waals surface area (Å²) in [6.45, 7) is 13.4. The van der Waals surface area contributed by atoms with Gasteiger partial charge >= 0.3 is 6.03 Å². The number of rotatable bonds is 17. The lowest BCUT2D eigenvalue weighted by Crippen LogP contribution is -2.45. The van der Waals surface area contributed by atoms with E-state index in [1.165, 1.54) is 4.90 Å². The maximum absolute atomic E-state index is 13.6. The molecule has 0 spiro atoms. The van der Waals surface area contributed by atoms with Crippen molar-refractivity contribution in [3.05, 3.63) is 35.9 Å². The Labute approximate surface area is 201 Å². The quantitative estimate of drug-likeness (QED) is 0.281. The van der Waals surface area contributed by atoms with Crippen LogP contribution in [0.3, 0.4) is 0 Å². The van der Waals surface area contributed by atoms with Crippen LogP contribution in [0.5, 0.6) is 0 Å². The summed E-state index contributed by atoms with van der Waals surface area (Å²) in [6, 6.07) is 9.12. The third-order valence-corrected chi connectivity index (χ3v) is 6.41. The molecule has 3 amide bonds. The van der Waals surface area contributed by atoms with Gasteiger partial charge in [0.1, 0.15) is 6.04 Å². The molecule has 0 bridgehead atoms. The minimum Gasteiger partial charge on any atom is -0.295 e. The van der Waals surface area contributed by atoms with Crippen LogP contribution in [0.2, 0.25) is 0 Å². The Balaban J connectivity index is 2.27. The van der Waals surface area contributed by atoms with Crippen molar-refractivity contribution in [1.82, 2.24) is 19.6 Å². The van der Waals surface area contributed by atoms with E-state index >= 15 is 0 Å². The number of hydrogen-bond donors (Lipinski definition) is 0. The average Bonchev–Trinajstić information content (AvgIpc) is 3.06. The molecule has 1 unspecified atom stereocenters. The molecule has 186 valence electrons. The summed E-state index contributed by atoms with van der Waals surface area (Å²) in [4.78, 5) is 35.2. The van der Waals surface area contributed by atoms with Crippen molar-refractivity contribution in [2.24, 2.45) is 0 Å². The number of nitrogens with zero attached hydrogens (tertiary/aromatic N) is 4. The van der Waals surface area contributed by atoms with Crippen LogP contribution in [-0.2, 0) is 4.79 Å². The smallest absolute Gasteiger partial charge is 0.295 e. The Bertz CT molecular complexity index is 681. The molecule has 0 aromatic heterocycles. The number of imide groups is 1. The summed E-state index contributed by atoms with van der Waals surface area (Å²) >= 11 is 0. The monoisotopic (exact) mass is 458 g/mol. The fourth-order valence-electron chi connectivity index (χ4n) is 4.32. The first-order chi connectivity index (χ1) is 16.1. The molecule has 0 N–H and O–H groups in total. The van der Waals surface area contributed by atoms with E-state index in [1.54, 1.807) is 4.90 Å². The molecular weight excluding hydrogens is 412 g/mol. The highest BCUT2D eigenvalue weighted by Crippen LogP contribution is 2.31. The fraction of sp³-hybridized carbons (Fsp3) is 0.704. The van der Waals surface area contributed by atoms with Crippen LogP contribution in [0.4, 0.5) is 4.79 Å². The Hall–Kier alpha value is -1.92. The van der Waals surface area contributed by atoms with Crippen molar-refractivity contribution in [3.8, 4) is 0 Å². The Morgan fingerprint density at radius 1 is 0.697 bits per heavy atom. The van der Waals surface area contributed by atoms with Gasteiger partial charge in [-0.05, 0) is 57.4 Å². The van der Waals surface area contributed by atoms with Crippen LogP contribution < -0.4 is 0 Å². The van der Waals surface area contributed by atoms with E-state index in [0.717, 1.165) is 83.1 Å². The lowest BCUT2D eigenvalue weighted by Gasteiger charge is -2.30. The van der Waals surface area contributed by atoms with Crippen molar-refractivity contribution in [3.63, 3.8) is 0 Å². The topological polar surface area (TPSA) is 47.1 Å². The zero-order chi connectivity index (χ0) is 24.1. The predicted octanol–water partition coefficient (Wildman–Crippen LogP) is 5.71. The van der Waals surface area contributed by atoms with Gasteiger partial charge in [0, 0.05) is 0 Å². The lowest BCUT2D eigenvalue weighted by molar-refractivity contribution is -0.130. The van der Waals surface area contributed by atoms with Gasteiger partial charge in [-0.25, -0.2) is 9.69 Å². The third-order valence-electron chi connectivity index (χ3n) is 6.41. The van der Waals surface area contributed by atoms with Gasteiger partial charge in [-0.1, -0.05) is 83.7 Å². The van der Waals surface area contributed by atoms with Gasteiger partial charge in [0.05, 0.1) is 13.3 Å². The summed E-state index contributed by atoms with van der Waals surface area (Å²) in [5.74, 6) is -0.0878. The zero-order valence-corrected chi connectivity index (χ0v) is 21.5. The normalized spacial score (nSPS) is 16.6. The second-order valence-electron chi connectivity index (χ2n) is 9.26. The number of amides is 3. The van der Waals surface area contributed by atoms with Crippen molar-refractivity contribution in [2.45, 2.75) is 85.1 Å². The van der Waals surface area contributed by atoms with E-state index in [-0.39, 0.29) is 11.9 Å². The number of hydrogen-bond acceptors (Lipinski definition) is 4. The number of carbonyl (C=O) groups excluding carboxylic acids is 2. The molecule has 0 aliphatic carbocycles. The van der Waals surface area contributed by atoms with Gasteiger partial charge in [-0.3, -0.25) is 19.5 Å². The van der Waals surface area contributed by atoms with Crippen LogP contribution >= 0.6 is 0 Å². The molecule has 1 aromatic rings. The van der Waals surface area contributed by atoms with Crippen molar-refractivity contribution < 1.29 is 9.59 Å². The van der Waals surface area contributed by atoms with Crippen LogP contribution in [0.1, 0.15) is 90.7 Å². The van der Waals surface area contributed by atoms with E-state index in [1.807, 2.05) is 30.3 Å². The van der Waals surface area contributed by atoms with E-state index in [2.05, 4.69) is 37.5 Å². The minimum atomic E-state index is -0.538. The number of urea groups is 1. The van der Waals surface area contributed by atoms with Gasteiger partial charge in [0.15, 0.2) is 0 Å². The molecule has 1 fully saturated rings. The van der Waals surface area contributed by atoms with Gasteiger partial charge in [0.2, 0.25) is 0 Å². The van der Waals surface area contributed by atoms with Gasteiger partial charge in [-0.2, -0.15) is 0 Å². The van der Waals surface area contributed by atoms with Crippen molar-refractivity contribution in [1.29, 1.82) is 0 Å². The van der Waals surface area contributed by atoms with E-state index < -0.39 is 6.04 Å². The molecule has 1 atom stereocenters. The Kier molecular flexibility index (Phi) is 12.5. The second kappa shape index (κ2) is 15.1. The molecule has 1 aromatic carbocycles. The summed E-state index contributed by atoms with van der Waals surface area (Å²) in [5, 5.41) is 0. The summed E-state index contributed by atoms with van der Waals surface area (Å²) < 4.78 is 0. The predicted molar refractivity (Wildman–Crippen MR) is 136 cm³/mol. The molecule has 1 aliphatic rings. The maximum Gasteiger partial charge on any atom is 0.329 e. The van der Waals surface area contributed by atoms with Crippen LogP contribution in [-0.4, -0.2) is 71.1 Å². The first-order valence-corrected chi connectivity index (χ1v) is 13.2. The maximum atomic E-state index is 13.6. The largest absolute Gasteiger partial charge is 0.329 e. The second-order valence-corrected chi connectivity index (χ2v) is 9.26. The first kappa shape index (κ1) is 27.3. The van der Waals surface area contributed by atoms with E-state index in [0.29, 0.717) is 13.3 Å². The zero-order valence-electron chi connectivity index (χ0n) is 21.5. The Morgan fingerprint density at radius 2 is 1.15 bits per heavy atom.